The lowest BCUT2D eigenvalue weighted by atomic mass is 9.63. The van der Waals surface area contributed by atoms with Gasteiger partial charge in [-0.1, -0.05) is 58.0 Å². The van der Waals surface area contributed by atoms with Gasteiger partial charge in [0.05, 0.1) is 0 Å². The van der Waals surface area contributed by atoms with Gasteiger partial charge >= 0.3 is 0 Å². The molecular weight excluding hydrogens is 242 g/mol. The van der Waals surface area contributed by atoms with E-state index in [-0.39, 0.29) is 0 Å². The number of aryl methyl sites for hydroxylation is 1. The van der Waals surface area contributed by atoms with Gasteiger partial charge in [0.25, 0.3) is 0 Å². The van der Waals surface area contributed by atoms with E-state index in [0.29, 0.717) is 16.9 Å². The van der Waals surface area contributed by atoms with Crippen LogP contribution in [-0.4, -0.2) is 12.6 Å². The van der Waals surface area contributed by atoms with E-state index in [1.54, 1.807) is 0 Å². The summed E-state index contributed by atoms with van der Waals surface area (Å²) in [5.41, 5.74) is 2.43. The quantitative estimate of drug-likeness (QED) is 0.759. The first kappa shape index (κ1) is 15.6. The number of rotatable bonds is 5. The van der Waals surface area contributed by atoms with Crippen molar-refractivity contribution >= 4 is 0 Å². The van der Waals surface area contributed by atoms with Crippen LogP contribution < -0.4 is 5.32 Å². The first-order valence-corrected chi connectivity index (χ1v) is 8.14. The third-order valence-electron chi connectivity index (χ3n) is 4.47. The molecule has 1 aliphatic carbocycles. The van der Waals surface area contributed by atoms with Gasteiger partial charge in [0.15, 0.2) is 0 Å². The Morgan fingerprint density at radius 1 is 1.00 bits per heavy atom. The molecule has 1 aromatic rings. The van der Waals surface area contributed by atoms with Crippen LogP contribution >= 0.6 is 0 Å². The molecule has 0 saturated heterocycles. The maximum Gasteiger partial charge on any atom is 0.00772 e. The Labute approximate surface area is 125 Å². The third-order valence-corrected chi connectivity index (χ3v) is 4.47. The van der Waals surface area contributed by atoms with Crippen molar-refractivity contribution in [3.63, 3.8) is 0 Å². The van der Waals surface area contributed by atoms with Crippen molar-refractivity contribution < 1.29 is 0 Å². The van der Waals surface area contributed by atoms with Gasteiger partial charge in [-0.25, -0.2) is 0 Å². The number of hydrogen-bond acceptors (Lipinski definition) is 1. The summed E-state index contributed by atoms with van der Waals surface area (Å²) in [7, 11) is 0. The Bertz CT molecular complexity index is 389. The topological polar surface area (TPSA) is 12.0 Å². The van der Waals surface area contributed by atoms with Crippen LogP contribution in [0.25, 0.3) is 0 Å². The highest BCUT2D eigenvalue weighted by atomic mass is 14.9. The molecule has 20 heavy (non-hydrogen) atoms. The van der Waals surface area contributed by atoms with Crippen LogP contribution in [0.1, 0.15) is 58.9 Å². The Balaban J connectivity index is 1.74. The average molecular weight is 273 g/mol. The fraction of sp³-hybridized carbons (Fsp3) is 0.684. The normalized spacial score (nSPS) is 21.8. The molecule has 1 N–H and O–H groups in total. The summed E-state index contributed by atoms with van der Waals surface area (Å²) in [5, 5.41) is 3.80. The zero-order chi connectivity index (χ0) is 14.6. The molecule has 1 fully saturated rings. The molecule has 2 rings (SSSR count). The van der Waals surface area contributed by atoms with E-state index in [2.05, 4.69) is 63.3 Å². The van der Waals surface area contributed by atoms with Crippen molar-refractivity contribution in [1.29, 1.82) is 0 Å². The summed E-state index contributed by atoms with van der Waals surface area (Å²) in [6.07, 6.45) is 6.42. The van der Waals surface area contributed by atoms with Crippen LogP contribution in [0.2, 0.25) is 0 Å². The molecule has 0 atom stereocenters. The van der Waals surface area contributed by atoms with Gasteiger partial charge in [-0.05, 0) is 55.0 Å². The molecule has 0 heterocycles. The van der Waals surface area contributed by atoms with E-state index in [9.17, 15) is 0 Å². The second-order valence-corrected chi connectivity index (χ2v) is 8.15. The van der Waals surface area contributed by atoms with E-state index in [0.717, 1.165) is 6.54 Å². The van der Waals surface area contributed by atoms with Gasteiger partial charge in [-0.3, -0.25) is 0 Å². The number of hydrogen-bond donors (Lipinski definition) is 1. The second kappa shape index (κ2) is 6.30. The standard InChI is InChI=1S/C19H31N/c1-18(2)13-17(14-19(3,4)15-18)20-12-8-11-16-9-6-5-7-10-16/h5-7,9-10,17,20H,8,11-15H2,1-4H3. The van der Waals surface area contributed by atoms with Crippen molar-refractivity contribution in [3.05, 3.63) is 35.9 Å². The highest BCUT2D eigenvalue weighted by molar-refractivity contribution is 5.14. The van der Waals surface area contributed by atoms with Gasteiger partial charge in [0, 0.05) is 6.04 Å². The Kier molecular flexibility index (Phi) is 4.90. The minimum atomic E-state index is 0.485. The van der Waals surface area contributed by atoms with Crippen molar-refractivity contribution in [2.45, 2.75) is 65.8 Å². The van der Waals surface area contributed by atoms with Crippen molar-refractivity contribution in [1.82, 2.24) is 5.32 Å². The molecule has 0 aliphatic heterocycles. The SMILES string of the molecule is CC1(C)CC(NCCCc2ccccc2)CC(C)(C)C1. The molecule has 1 saturated carbocycles. The fourth-order valence-electron chi connectivity index (χ4n) is 4.23. The van der Waals surface area contributed by atoms with Gasteiger partial charge in [0.2, 0.25) is 0 Å². The van der Waals surface area contributed by atoms with Gasteiger partial charge in [-0.15, -0.1) is 0 Å². The average Bonchev–Trinajstić information content (AvgIpc) is 2.32. The summed E-state index contributed by atoms with van der Waals surface area (Å²) in [6.45, 7) is 10.8. The molecule has 1 heteroatoms. The smallest absolute Gasteiger partial charge is 0.00772 e. The summed E-state index contributed by atoms with van der Waals surface area (Å²) >= 11 is 0. The van der Waals surface area contributed by atoms with Crippen LogP contribution in [-0.2, 0) is 6.42 Å². The zero-order valence-electron chi connectivity index (χ0n) is 13.7. The fourth-order valence-corrected chi connectivity index (χ4v) is 4.23. The first-order chi connectivity index (χ1) is 9.36. The zero-order valence-corrected chi connectivity index (χ0v) is 13.7. The second-order valence-electron chi connectivity index (χ2n) is 8.15. The maximum atomic E-state index is 3.80. The largest absolute Gasteiger partial charge is 0.314 e. The molecule has 0 bridgehead atoms. The van der Waals surface area contributed by atoms with Gasteiger partial charge < -0.3 is 5.32 Å². The van der Waals surface area contributed by atoms with Crippen LogP contribution in [0.5, 0.6) is 0 Å². The lowest BCUT2D eigenvalue weighted by molar-refractivity contribution is 0.0852. The summed E-state index contributed by atoms with van der Waals surface area (Å²) < 4.78 is 0. The lowest BCUT2D eigenvalue weighted by Gasteiger charge is -2.45. The Hall–Kier alpha value is -0.820. The van der Waals surface area contributed by atoms with Crippen molar-refractivity contribution in [2.75, 3.05) is 6.54 Å². The van der Waals surface area contributed by atoms with Gasteiger partial charge in [-0.2, -0.15) is 0 Å². The van der Waals surface area contributed by atoms with E-state index in [4.69, 9.17) is 0 Å². The molecule has 0 unspecified atom stereocenters. The minimum Gasteiger partial charge on any atom is -0.314 e. The summed E-state index contributed by atoms with van der Waals surface area (Å²) in [5.74, 6) is 0. The Morgan fingerprint density at radius 3 is 2.20 bits per heavy atom. The van der Waals surface area contributed by atoms with Crippen LogP contribution in [0.15, 0.2) is 30.3 Å². The van der Waals surface area contributed by atoms with E-state index < -0.39 is 0 Å². The Morgan fingerprint density at radius 2 is 1.60 bits per heavy atom. The number of benzene rings is 1. The number of nitrogens with one attached hydrogen (secondary N) is 1. The highest BCUT2D eigenvalue weighted by Crippen LogP contribution is 2.45. The van der Waals surface area contributed by atoms with E-state index in [1.807, 2.05) is 0 Å². The summed E-state index contributed by atoms with van der Waals surface area (Å²) in [6, 6.07) is 11.5. The predicted molar refractivity (Wildman–Crippen MR) is 88.0 cm³/mol. The summed E-state index contributed by atoms with van der Waals surface area (Å²) in [4.78, 5) is 0. The molecule has 112 valence electrons. The van der Waals surface area contributed by atoms with Crippen LogP contribution in [0.4, 0.5) is 0 Å². The molecule has 0 amide bonds. The monoisotopic (exact) mass is 273 g/mol. The van der Waals surface area contributed by atoms with E-state index >= 15 is 0 Å². The van der Waals surface area contributed by atoms with Gasteiger partial charge in [0.1, 0.15) is 0 Å². The molecule has 1 nitrogen and oxygen atoms in total. The van der Waals surface area contributed by atoms with E-state index in [1.165, 1.54) is 37.7 Å². The predicted octanol–water partition coefficient (Wildman–Crippen LogP) is 4.81. The minimum absolute atomic E-state index is 0.485. The molecular formula is C19H31N. The van der Waals surface area contributed by atoms with Crippen molar-refractivity contribution in [3.8, 4) is 0 Å². The third kappa shape index (κ3) is 4.94. The molecule has 1 aromatic carbocycles. The molecule has 0 radical (unpaired) electrons. The molecule has 1 aliphatic rings. The lowest BCUT2D eigenvalue weighted by Crippen LogP contribution is -2.44. The van der Waals surface area contributed by atoms with Crippen LogP contribution in [0, 0.1) is 10.8 Å². The highest BCUT2D eigenvalue weighted by Gasteiger charge is 2.37. The van der Waals surface area contributed by atoms with Crippen LogP contribution in [0.3, 0.4) is 0 Å². The molecule has 0 aromatic heterocycles. The molecule has 0 spiro atoms. The van der Waals surface area contributed by atoms with Crippen molar-refractivity contribution in [2.24, 2.45) is 10.8 Å². The first-order valence-electron chi connectivity index (χ1n) is 8.14. The maximum absolute atomic E-state index is 3.80.